The van der Waals surface area contributed by atoms with Crippen molar-refractivity contribution in [3.8, 4) is 22.2 Å². The molecule has 0 aliphatic rings. The number of halogens is 2. The number of rotatable bonds is 2. The van der Waals surface area contributed by atoms with Crippen LogP contribution in [0.4, 0.5) is 5.00 Å². The topological polar surface area (TPSA) is 64.9 Å². The van der Waals surface area contributed by atoms with Crippen LogP contribution in [0.1, 0.15) is 5.56 Å². The first-order valence-corrected chi connectivity index (χ1v) is 7.27. The highest BCUT2D eigenvalue weighted by Crippen LogP contribution is 2.34. The second-order valence-corrected chi connectivity index (χ2v) is 6.11. The van der Waals surface area contributed by atoms with Crippen LogP contribution in [-0.2, 0) is 0 Å². The van der Waals surface area contributed by atoms with Gasteiger partial charge in [0.2, 0.25) is 5.82 Å². The van der Waals surface area contributed by atoms with Crippen molar-refractivity contribution in [1.29, 1.82) is 0 Å². The second kappa shape index (κ2) is 5.09. The number of hydrogen-bond donors (Lipinski definition) is 1. The highest BCUT2D eigenvalue weighted by Gasteiger charge is 2.15. The lowest BCUT2D eigenvalue weighted by atomic mass is 10.2. The molecular weight excluding hydrogens is 317 g/mol. The van der Waals surface area contributed by atoms with Crippen LogP contribution in [0.3, 0.4) is 0 Å². The van der Waals surface area contributed by atoms with Crippen molar-refractivity contribution >= 4 is 39.5 Å². The van der Waals surface area contributed by atoms with E-state index in [0.717, 1.165) is 16.0 Å². The van der Waals surface area contributed by atoms with Crippen molar-refractivity contribution in [3.05, 3.63) is 39.9 Å². The smallest absolute Gasteiger partial charge is 0.268 e. The van der Waals surface area contributed by atoms with E-state index in [2.05, 4.69) is 10.1 Å². The largest absolute Gasteiger partial charge is 0.391 e. The van der Waals surface area contributed by atoms with E-state index in [0.29, 0.717) is 26.8 Å². The van der Waals surface area contributed by atoms with Gasteiger partial charge in [-0.2, -0.15) is 4.98 Å². The van der Waals surface area contributed by atoms with Gasteiger partial charge < -0.3 is 10.3 Å². The number of thiophene rings is 1. The average Bonchev–Trinajstić information content (AvgIpc) is 2.99. The summed E-state index contributed by atoms with van der Waals surface area (Å²) in [6.45, 7) is 1.95. The number of benzene rings is 1. The van der Waals surface area contributed by atoms with Crippen molar-refractivity contribution in [1.82, 2.24) is 10.1 Å². The molecule has 7 heteroatoms. The average molecular weight is 326 g/mol. The van der Waals surface area contributed by atoms with Gasteiger partial charge in [-0.1, -0.05) is 28.4 Å². The van der Waals surface area contributed by atoms with Crippen LogP contribution in [-0.4, -0.2) is 10.1 Å². The van der Waals surface area contributed by atoms with E-state index in [1.165, 1.54) is 11.3 Å². The highest BCUT2D eigenvalue weighted by molar-refractivity contribution is 7.19. The molecule has 1 aromatic carbocycles. The van der Waals surface area contributed by atoms with E-state index in [4.69, 9.17) is 33.5 Å². The highest BCUT2D eigenvalue weighted by atomic mass is 35.5. The summed E-state index contributed by atoms with van der Waals surface area (Å²) in [5.74, 6) is 0.912. The number of nitrogens with zero attached hydrogens (tertiary/aromatic N) is 2. The zero-order valence-electron chi connectivity index (χ0n) is 10.4. The first-order valence-electron chi connectivity index (χ1n) is 5.70. The Balaban J connectivity index is 2.01. The minimum atomic E-state index is 0.449. The lowest BCUT2D eigenvalue weighted by Gasteiger charge is -1.97. The van der Waals surface area contributed by atoms with Gasteiger partial charge in [0.05, 0.1) is 19.9 Å². The van der Waals surface area contributed by atoms with Gasteiger partial charge in [-0.3, -0.25) is 0 Å². The van der Waals surface area contributed by atoms with E-state index in [9.17, 15) is 0 Å². The molecule has 0 bridgehead atoms. The normalized spacial score (nSPS) is 10.9. The van der Waals surface area contributed by atoms with Crippen LogP contribution >= 0.6 is 34.5 Å². The Kier molecular flexibility index (Phi) is 3.41. The Hall–Kier alpha value is -1.56. The Morgan fingerprint density at radius 3 is 2.65 bits per heavy atom. The van der Waals surface area contributed by atoms with Gasteiger partial charge in [-0.25, -0.2) is 0 Å². The minimum Gasteiger partial charge on any atom is -0.391 e. The molecule has 0 unspecified atom stereocenters. The summed E-state index contributed by atoms with van der Waals surface area (Å²) in [6, 6.07) is 7.07. The maximum atomic E-state index is 5.98. The molecule has 0 aliphatic heterocycles. The molecule has 0 radical (unpaired) electrons. The van der Waals surface area contributed by atoms with Crippen LogP contribution in [0.2, 0.25) is 10.0 Å². The molecule has 0 fully saturated rings. The quantitative estimate of drug-likeness (QED) is 0.744. The lowest BCUT2D eigenvalue weighted by molar-refractivity contribution is 0.433. The lowest BCUT2D eigenvalue weighted by Crippen LogP contribution is -1.81. The van der Waals surface area contributed by atoms with Crippen LogP contribution in [0.15, 0.2) is 28.8 Å². The number of hydrogen-bond acceptors (Lipinski definition) is 5. The molecule has 3 aromatic rings. The van der Waals surface area contributed by atoms with E-state index >= 15 is 0 Å². The van der Waals surface area contributed by atoms with Gasteiger partial charge in [0, 0.05) is 5.56 Å². The fourth-order valence-electron chi connectivity index (χ4n) is 1.79. The summed E-state index contributed by atoms with van der Waals surface area (Å²) in [6.07, 6.45) is 0. The third kappa shape index (κ3) is 2.40. The SMILES string of the molecule is Cc1cc(N)sc1-c1nc(-c2ccc(Cl)c(Cl)c2)no1. The van der Waals surface area contributed by atoms with Gasteiger partial charge in [0.15, 0.2) is 0 Å². The van der Waals surface area contributed by atoms with E-state index < -0.39 is 0 Å². The first kappa shape index (κ1) is 13.4. The molecule has 0 aliphatic carbocycles. The van der Waals surface area contributed by atoms with Gasteiger partial charge in [0.1, 0.15) is 0 Å². The molecule has 3 rings (SSSR count). The summed E-state index contributed by atoms with van der Waals surface area (Å²) >= 11 is 13.3. The Labute approximate surface area is 129 Å². The molecule has 102 valence electrons. The maximum Gasteiger partial charge on any atom is 0.268 e. The fourth-order valence-corrected chi connectivity index (χ4v) is 2.95. The minimum absolute atomic E-state index is 0.449. The summed E-state index contributed by atoms with van der Waals surface area (Å²) in [7, 11) is 0. The molecule has 0 atom stereocenters. The van der Waals surface area contributed by atoms with E-state index in [-0.39, 0.29) is 0 Å². The van der Waals surface area contributed by atoms with Crippen LogP contribution in [0.25, 0.3) is 22.2 Å². The van der Waals surface area contributed by atoms with Crippen LogP contribution < -0.4 is 5.73 Å². The molecular formula is C13H9Cl2N3OS. The molecule has 0 amide bonds. The molecule has 4 nitrogen and oxygen atoms in total. The van der Waals surface area contributed by atoms with Crippen LogP contribution in [0.5, 0.6) is 0 Å². The van der Waals surface area contributed by atoms with E-state index in [1.807, 2.05) is 13.0 Å². The third-order valence-corrected chi connectivity index (χ3v) is 4.53. The Bertz CT molecular complexity index is 782. The standard InChI is InChI=1S/C13H9Cl2N3OS/c1-6-4-10(16)20-11(6)13-17-12(18-19-13)7-2-3-8(14)9(15)5-7/h2-5H,16H2,1H3. The number of aromatic nitrogens is 2. The van der Waals surface area contributed by atoms with Crippen molar-refractivity contribution in [2.75, 3.05) is 5.73 Å². The predicted octanol–water partition coefficient (Wildman–Crippen LogP) is 4.66. The van der Waals surface area contributed by atoms with Crippen molar-refractivity contribution in [2.24, 2.45) is 0 Å². The zero-order valence-corrected chi connectivity index (χ0v) is 12.7. The number of nitrogens with two attached hydrogens (primary N) is 1. The van der Waals surface area contributed by atoms with Crippen molar-refractivity contribution in [2.45, 2.75) is 6.92 Å². The third-order valence-electron chi connectivity index (χ3n) is 2.73. The fraction of sp³-hybridized carbons (Fsp3) is 0.0769. The van der Waals surface area contributed by atoms with Gasteiger partial charge in [-0.05, 0) is 36.8 Å². The maximum absolute atomic E-state index is 5.98. The first-order chi connectivity index (χ1) is 9.54. The molecule has 0 saturated heterocycles. The Morgan fingerprint density at radius 2 is 2.00 bits per heavy atom. The summed E-state index contributed by atoms with van der Waals surface area (Å²) in [5.41, 5.74) is 7.53. The number of nitrogen functional groups attached to an aromatic ring is 1. The molecule has 2 N–H and O–H groups in total. The van der Waals surface area contributed by atoms with Gasteiger partial charge >= 0.3 is 0 Å². The van der Waals surface area contributed by atoms with Crippen molar-refractivity contribution < 1.29 is 4.52 Å². The van der Waals surface area contributed by atoms with Crippen LogP contribution in [0, 0.1) is 6.92 Å². The molecule has 2 aromatic heterocycles. The van der Waals surface area contributed by atoms with Crippen molar-refractivity contribution in [3.63, 3.8) is 0 Å². The monoisotopic (exact) mass is 325 g/mol. The predicted molar refractivity (Wildman–Crippen MR) is 82.2 cm³/mol. The van der Waals surface area contributed by atoms with E-state index in [1.54, 1.807) is 18.2 Å². The molecule has 20 heavy (non-hydrogen) atoms. The van der Waals surface area contributed by atoms with Gasteiger partial charge in [0.25, 0.3) is 5.89 Å². The number of aryl methyl sites for hydroxylation is 1. The summed E-state index contributed by atoms with van der Waals surface area (Å²) in [5, 5.41) is 5.61. The molecule has 2 heterocycles. The summed E-state index contributed by atoms with van der Waals surface area (Å²) in [4.78, 5) is 5.25. The second-order valence-electron chi connectivity index (χ2n) is 4.21. The summed E-state index contributed by atoms with van der Waals surface area (Å²) < 4.78 is 5.29. The number of anilines is 1. The Morgan fingerprint density at radius 1 is 1.20 bits per heavy atom. The zero-order chi connectivity index (χ0) is 14.3. The van der Waals surface area contributed by atoms with Gasteiger partial charge in [-0.15, -0.1) is 11.3 Å². The molecule has 0 saturated carbocycles. The molecule has 0 spiro atoms.